The summed E-state index contributed by atoms with van der Waals surface area (Å²) in [7, 11) is 0. The van der Waals surface area contributed by atoms with E-state index in [0.29, 0.717) is 19.3 Å². The van der Waals surface area contributed by atoms with Gasteiger partial charge < -0.3 is 39.0 Å². The first-order chi connectivity index (χ1) is 36.6. The number of carbonyl (C=O) groups excluding carboxylic acids is 3. The summed E-state index contributed by atoms with van der Waals surface area (Å²) in [5.74, 6) is -3.33. The van der Waals surface area contributed by atoms with Crippen LogP contribution in [0.15, 0.2) is 109 Å². The maximum absolute atomic E-state index is 13.1. The molecule has 75 heavy (non-hydrogen) atoms. The number of aliphatic hydroxyl groups excluding tert-OH is 2. The number of aliphatic carboxylic acids is 1. The van der Waals surface area contributed by atoms with E-state index < -0.39 is 67.3 Å². The van der Waals surface area contributed by atoms with Crippen molar-refractivity contribution in [1.82, 2.24) is 0 Å². The summed E-state index contributed by atoms with van der Waals surface area (Å²) in [6.45, 7) is 5.73. The molecule has 3 N–H and O–H groups in total. The number of aliphatic hydroxyl groups is 2. The van der Waals surface area contributed by atoms with Crippen LogP contribution in [-0.2, 0) is 42.9 Å². The SMILES string of the molecule is CC/C=C\C/C=C\C/C=C\C/C=C\C/C=C\CC(=O)OC1C(OCC(COC(=O)CCCCCCCC/C=C\C/C=C\C/C=C\CCCCC)OC(=O)CCCCCCC/C=C\CCCC)OC(C(=O)O)C(O)C1O. The van der Waals surface area contributed by atoms with E-state index in [1.807, 2.05) is 12.2 Å². The van der Waals surface area contributed by atoms with Gasteiger partial charge in [-0.3, -0.25) is 14.4 Å². The van der Waals surface area contributed by atoms with Gasteiger partial charge in [0.1, 0.15) is 18.8 Å². The van der Waals surface area contributed by atoms with Crippen molar-refractivity contribution < 1.29 is 58.2 Å². The molecule has 0 saturated carbocycles. The Kier molecular flexibility index (Phi) is 45.8. The second kappa shape index (κ2) is 50.2. The molecule has 1 aliphatic rings. The van der Waals surface area contributed by atoms with Crippen molar-refractivity contribution in [2.24, 2.45) is 0 Å². The Bertz CT molecular complexity index is 1720. The minimum Gasteiger partial charge on any atom is -0.479 e. The molecule has 12 nitrogen and oxygen atoms in total. The molecule has 12 heteroatoms. The summed E-state index contributed by atoms with van der Waals surface area (Å²) in [4.78, 5) is 51.0. The average Bonchev–Trinajstić information content (AvgIpc) is 3.39. The van der Waals surface area contributed by atoms with E-state index in [4.69, 9.17) is 23.7 Å². The predicted octanol–water partition coefficient (Wildman–Crippen LogP) is 14.7. The summed E-state index contributed by atoms with van der Waals surface area (Å²) in [6.07, 6.45) is 55.2. The zero-order valence-corrected chi connectivity index (χ0v) is 46.5. The quantitative estimate of drug-likeness (QED) is 0.0228. The first-order valence-electron chi connectivity index (χ1n) is 28.9. The fraction of sp³-hybridized carbons (Fsp3) is 0.651. The maximum Gasteiger partial charge on any atom is 0.335 e. The molecule has 1 heterocycles. The number of allylic oxidation sites excluding steroid dienone is 17. The third-order valence-corrected chi connectivity index (χ3v) is 12.3. The zero-order valence-electron chi connectivity index (χ0n) is 46.5. The van der Waals surface area contributed by atoms with Gasteiger partial charge in [0.15, 0.2) is 24.6 Å². The normalized spacial score (nSPS) is 19.0. The molecule has 424 valence electrons. The number of ether oxygens (including phenoxy) is 5. The first kappa shape index (κ1) is 68.4. The standard InChI is InChI=1S/C63H100O12/c1-4-7-10-13-16-19-22-24-26-27-28-29-31-32-35-37-40-43-46-49-55(64)71-52-54(73-56(65)50-47-44-41-38-34-21-18-15-12-9-6-3)53-72-63-61(59(68)58(67)60(75-63)62(69)70)74-57(66)51-48-45-42-39-36-33-30-25-23-20-17-14-11-8-5-2/h8,11,15-20,24-26,28-30,36,39,45,48,54,58-61,63,67-68H,4-7,9-10,12-14,21-23,27,31-35,37-38,40-44,46-47,49-53H2,1-3H3,(H,69,70)/b11-8-,18-15-,19-16-,20-17-,26-24-,29-28-,30-25-,39-36-,48-45-. The van der Waals surface area contributed by atoms with Crippen molar-refractivity contribution in [2.75, 3.05) is 13.2 Å². The topological polar surface area (TPSA) is 175 Å². The Hall–Kier alpha value is -4.62. The monoisotopic (exact) mass is 1050 g/mol. The van der Waals surface area contributed by atoms with Crippen LogP contribution in [-0.4, -0.2) is 89.2 Å². The molecule has 1 fully saturated rings. The Labute approximate surface area is 453 Å². The number of carboxylic acids is 1. The molecule has 1 rings (SSSR count). The smallest absolute Gasteiger partial charge is 0.335 e. The van der Waals surface area contributed by atoms with E-state index in [-0.39, 0.29) is 25.9 Å². The Morgan fingerprint density at radius 2 is 0.893 bits per heavy atom. The minimum absolute atomic E-state index is 0.133. The molecule has 6 atom stereocenters. The van der Waals surface area contributed by atoms with Gasteiger partial charge in [0.25, 0.3) is 0 Å². The van der Waals surface area contributed by atoms with Crippen LogP contribution in [0.3, 0.4) is 0 Å². The minimum atomic E-state index is -1.94. The summed E-state index contributed by atoms with van der Waals surface area (Å²) < 4.78 is 28.2. The second-order valence-corrected chi connectivity index (χ2v) is 19.2. The number of carboxylic acid groups (broad SMARTS) is 1. The van der Waals surface area contributed by atoms with E-state index in [9.17, 15) is 34.5 Å². The molecule has 0 aliphatic carbocycles. The average molecular weight is 1050 g/mol. The maximum atomic E-state index is 13.1. The van der Waals surface area contributed by atoms with Gasteiger partial charge in [-0.2, -0.15) is 0 Å². The highest BCUT2D eigenvalue weighted by atomic mass is 16.7. The number of carbonyl (C=O) groups is 4. The van der Waals surface area contributed by atoms with Crippen molar-refractivity contribution in [3.05, 3.63) is 109 Å². The molecule has 0 amide bonds. The van der Waals surface area contributed by atoms with Crippen molar-refractivity contribution in [3.8, 4) is 0 Å². The number of unbranched alkanes of at least 4 members (excludes halogenated alkanes) is 16. The predicted molar refractivity (Wildman–Crippen MR) is 303 cm³/mol. The van der Waals surface area contributed by atoms with Crippen molar-refractivity contribution in [2.45, 2.75) is 250 Å². The van der Waals surface area contributed by atoms with Crippen LogP contribution in [0.4, 0.5) is 0 Å². The second-order valence-electron chi connectivity index (χ2n) is 19.2. The van der Waals surface area contributed by atoms with Crippen LogP contribution in [0.5, 0.6) is 0 Å². The molecular formula is C63H100O12. The van der Waals surface area contributed by atoms with Crippen molar-refractivity contribution in [3.63, 3.8) is 0 Å². The molecule has 0 aromatic heterocycles. The molecule has 0 aromatic rings. The van der Waals surface area contributed by atoms with Gasteiger partial charge >= 0.3 is 23.9 Å². The molecule has 6 unspecified atom stereocenters. The van der Waals surface area contributed by atoms with Crippen molar-refractivity contribution >= 4 is 23.9 Å². The Morgan fingerprint density at radius 3 is 1.40 bits per heavy atom. The highest BCUT2D eigenvalue weighted by Gasteiger charge is 2.50. The lowest BCUT2D eigenvalue weighted by molar-refractivity contribution is -0.301. The summed E-state index contributed by atoms with van der Waals surface area (Å²) >= 11 is 0. The zero-order chi connectivity index (χ0) is 54.7. The molecule has 0 spiro atoms. The van der Waals surface area contributed by atoms with Gasteiger partial charge in [0, 0.05) is 12.8 Å². The van der Waals surface area contributed by atoms with Gasteiger partial charge in [-0.05, 0) is 103 Å². The van der Waals surface area contributed by atoms with Crippen molar-refractivity contribution in [1.29, 1.82) is 0 Å². The van der Waals surface area contributed by atoms with Gasteiger partial charge in [-0.1, -0.05) is 201 Å². The van der Waals surface area contributed by atoms with Crippen LogP contribution in [0.1, 0.15) is 213 Å². The van der Waals surface area contributed by atoms with E-state index in [2.05, 4.69) is 106 Å². The lowest BCUT2D eigenvalue weighted by Gasteiger charge is -2.40. The number of hydrogen-bond acceptors (Lipinski definition) is 11. The van der Waals surface area contributed by atoms with E-state index in [1.165, 1.54) is 38.5 Å². The Balaban J connectivity index is 2.74. The highest BCUT2D eigenvalue weighted by molar-refractivity contribution is 5.74. The Morgan fingerprint density at radius 1 is 0.467 bits per heavy atom. The van der Waals surface area contributed by atoms with E-state index in [0.717, 1.165) is 116 Å². The van der Waals surface area contributed by atoms with Crippen LogP contribution in [0.2, 0.25) is 0 Å². The molecule has 0 bridgehead atoms. The van der Waals surface area contributed by atoms with Gasteiger partial charge in [0.05, 0.1) is 13.0 Å². The van der Waals surface area contributed by atoms with Gasteiger partial charge in [-0.25, -0.2) is 4.79 Å². The molecule has 0 radical (unpaired) electrons. The number of hydrogen-bond donors (Lipinski definition) is 3. The molecular weight excluding hydrogens is 949 g/mol. The lowest BCUT2D eigenvalue weighted by Crippen LogP contribution is -2.61. The van der Waals surface area contributed by atoms with Crippen LogP contribution >= 0.6 is 0 Å². The molecule has 0 aromatic carbocycles. The first-order valence-corrected chi connectivity index (χ1v) is 28.9. The number of rotatable bonds is 47. The molecule has 1 saturated heterocycles. The summed E-state index contributed by atoms with van der Waals surface area (Å²) in [5.41, 5.74) is 0. The highest BCUT2D eigenvalue weighted by Crippen LogP contribution is 2.26. The summed E-state index contributed by atoms with van der Waals surface area (Å²) in [5, 5.41) is 31.4. The van der Waals surface area contributed by atoms with E-state index >= 15 is 0 Å². The summed E-state index contributed by atoms with van der Waals surface area (Å²) in [6, 6.07) is 0. The fourth-order valence-electron chi connectivity index (χ4n) is 7.90. The number of esters is 3. The molecule has 1 aliphatic heterocycles. The van der Waals surface area contributed by atoms with Gasteiger partial charge in [0.2, 0.25) is 0 Å². The lowest BCUT2D eigenvalue weighted by atomic mass is 9.98. The van der Waals surface area contributed by atoms with Crippen LogP contribution < -0.4 is 0 Å². The van der Waals surface area contributed by atoms with Crippen LogP contribution in [0, 0.1) is 0 Å². The van der Waals surface area contributed by atoms with E-state index in [1.54, 1.807) is 12.2 Å². The third kappa shape index (κ3) is 40.3. The fourth-order valence-corrected chi connectivity index (χ4v) is 7.90. The third-order valence-electron chi connectivity index (χ3n) is 12.3. The largest absolute Gasteiger partial charge is 0.479 e. The van der Waals surface area contributed by atoms with Gasteiger partial charge in [-0.15, -0.1) is 0 Å². The van der Waals surface area contributed by atoms with Crippen LogP contribution in [0.25, 0.3) is 0 Å².